The van der Waals surface area contributed by atoms with Crippen LogP contribution in [-0.2, 0) is 6.54 Å². The van der Waals surface area contributed by atoms with E-state index in [-0.39, 0.29) is 5.82 Å². The fourth-order valence-electron chi connectivity index (χ4n) is 5.43. The van der Waals surface area contributed by atoms with Crippen LogP contribution in [0.2, 0.25) is 0 Å². The summed E-state index contributed by atoms with van der Waals surface area (Å²) >= 11 is 0. The molecule has 0 aliphatic carbocycles. The third-order valence-corrected chi connectivity index (χ3v) is 7.40. The third-order valence-electron chi connectivity index (χ3n) is 7.40. The molecule has 3 heterocycles. The number of methoxy groups -OCH3 is 1. The van der Waals surface area contributed by atoms with Crippen LogP contribution in [0, 0.1) is 5.82 Å². The van der Waals surface area contributed by atoms with Gasteiger partial charge < -0.3 is 18.9 Å². The molecule has 2 fully saturated rings. The number of halogens is 1. The summed E-state index contributed by atoms with van der Waals surface area (Å²) in [5.74, 6) is 1.72. The molecule has 0 bridgehead atoms. The molecule has 2 aromatic carbocycles. The van der Waals surface area contributed by atoms with E-state index in [0.29, 0.717) is 18.1 Å². The third kappa shape index (κ3) is 5.96. The molecule has 0 N–H and O–H groups in total. The molecule has 2 aliphatic rings. The first kappa shape index (κ1) is 24.1. The van der Waals surface area contributed by atoms with E-state index in [1.165, 1.54) is 50.0 Å². The molecule has 35 heavy (non-hydrogen) atoms. The summed E-state index contributed by atoms with van der Waals surface area (Å²) in [5, 5.41) is 5.19. The Labute approximate surface area is 207 Å². The van der Waals surface area contributed by atoms with Gasteiger partial charge in [0.05, 0.1) is 19.4 Å². The van der Waals surface area contributed by atoms with Crippen LogP contribution in [0.4, 0.5) is 4.39 Å². The highest BCUT2D eigenvalue weighted by Gasteiger charge is 2.25. The van der Waals surface area contributed by atoms with Gasteiger partial charge in [-0.25, -0.2) is 4.39 Å². The predicted molar refractivity (Wildman–Crippen MR) is 135 cm³/mol. The van der Waals surface area contributed by atoms with Crippen molar-refractivity contribution in [2.75, 3.05) is 46.4 Å². The molecule has 0 radical (unpaired) electrons. The second-order valence-electron chi connectivity index (χ2n) is 9.85. The first-order chi connectivity index (χ1) is 17.2. The van der Waals surface area contributed by atoms with Gasteiger partial charge in [-0.3, -0.25) is 4.90 Å². The van der Waals surface area contributed by atoms with Crippen molar-refractivity contribution in [3.63, 3.8) is 0 Å². The number of fused-ring (bicyclic) bond motifs is 1. The number of hydrogen-bond donors (Lipinski definition) is 0. The van der Waals surface area contributed by atoms with Crippen molar-refractivity contribution < 1.29 is 18.4 Å². The summed E-state index contributed by atoms with van der Waals surface area (Å²) < 4.78 is 30.5. The lowest BCUT2D eigenvalue weighted by Gasteiger charge is -2.31. The van der Waals surface area contributed by atoms with E-state index >= 15 is 0 Å². The minimum absolute atomic E-state index is 0.289. The molecule has 0 saturated carbocycles. The number of aromatic nitrogens is 1. The van der Waals surface area contributed by atoms with Gasteiger partial charge in [0.1, 0.15) is 5.82 Å². The average Bonchev–Trinajstić information content (AvgIpc) is 3.31. The molecule has 7 heteroatoms. The Bertz CT molecular complexity index is 1100. The normalized spacial score (nSPS) is 18.2. The van der Waals surface area contributed by atoms with Gasteiger partial charge in [0.25, 0.3) is 0 Å². The quantitative estimate of drug-likeness (QED) is 0.370. The molecule has 2 aliphatic heterocycles. The molecule has 0 unspecified atom stereocenters. The second kappa shape index (κ2) is 11.4. The van der Waals surface area contributed by atoms with Crippen molar-refractivity contribution >= 4 is 11.0 Å². The van der Waals surface area contributed by atoms with E-state index < -0.39 is 0 Å². The molecule has 1 aromatic heterocycles. The lowest BCUT2D eigenvalue weighted by Crippen LogP contribution is -2.34. The topological polar surface area (TPSA) is 51.0 Å². The molecular formula is C28H36FN3O3. The SMILES string of the molecule is COc1cc(CN2CCCCC2)ccc1OCCCN1CCC(c2noc3cc(F)ccc23)CC1. The lowest BCUT2D eigenvalue weighted by molar-refractivity contribution is 0.189. The number of hydrogen-bond acceptors (Lipinski definition) is 6. The minimum Gasteiger partial charge on any atom is -0.493 e. The van der Waals surface area contributed by atoms with Crippen molar-refractivity contribution in [2.24, 2.45) is 0 Å². The van der Waals surface area contributed by atoms with Crippen molar-refractivity contribution in [1.82, 2.24) is 15.0 Å². The van der Waals surface area contributed by atoms with Crippen LogP contribution in [-0.4, -0.2) is 61.4 Å². The highest BCUT2D eigenvalue weighted by atomic mass is 19.1. The Morgan fingerprint density at radius 3 is 2.60 bits per heavy atom. The number of ether oxygens (including phenoxy) is 2. The van der Waals surface area contributed by atoms with Gasteiger partial charge in [0.15, 0.2) is 17.1 Å². The number of nitrogens with zero attached hydrogens (tertiary/aromatic N) is 3. The monoisotopic (exact) mass is 481 g/mol. The van der Waals surface area contributed by atoms with E-state index in [0.717, 1.165) is 68.0 Å². The van der Waals surface area contributed by atoms with Crippen LogP contribution in [0.15, 0.2) is 40.9 Å². The van der Waals surface area contributed by atoms with Crippen molar-refractivity contribution in [2.45, 2.75) is 51.0 Å². The van der Waals surface area contributed by atoms with Crippen LogP contribution in [0.25, 0.3) is 11.0 Å². The number of likely N-dealkylation sites (tertiary alicyclic amines) is 2. The lowest BCUT2D eigenvalue weighted by atomic mass is 9.91. The first-order valence-corrected chi connectivity index (χ1v) is 13.0. The van der Waals surface area contributed by atoms with Crippen molar-refractivity contribution in [3.05, 3.63) is 53.5 Å². The Kier molecular flexibility index (Phi) is 7.84. The molecule has 3 aromatic rings. The molecule has 0 spiro atoms. The Balaban J connectivity index is 1.06. The zero-order chi connectivity index (χ0) is 24.0. The zero-order valence-electron chi connectivity index (χ0n) is 20.7. The number of rotatable bonds is 9. The molecule has 6 nitrogen and oxygen atoms in total. The molecule has 2 saturated heterocycles. The zero-order valence-corrected chi connectivity index (χ0v) is 20.7. The smallest absolute Gasteiger partial charge is 0.170 e. The van der Waals surface area contributed by atoms with Crippen molar-refractivity contribution in [1.29, 1.82) is 0 Å². The Hall–Kier alpha value is -2.64. The highest BCUT2D eigenvalue weighted by molar-refractivity contribution is 5.79. The predicted octanol–water partition coefficient (Wildman–Crippen LogP) is 5.61. The summed E-state index contributed by atoms with van der Waals surface area (Å²) in [6.45, 7) is 7.07. The highest BCUT2D eigenvalue weighted by Crippen LogP contribution is 2.33. The summed E-state index contributed by atoms with van der Waals surface area (Å²) in [7, 11) is 1.71. The van der Waals surface area contributed by atoms with Gasteiger partial charge in [-0.15, -0.1) is 0 Å². The van der Waals surface area contributed by atoms with Crippen LogP contribution in [0.3, 0.4) is 0 Å². The number of benzene rings is 2. The minimum atomic E-state index is -0.289. The van der Waals surface area contributed by atoms with Gasteiger partial charge in [-0.2, -0.15) is 0 Å². The van der Waals surface area contributed by atoms with Gasteiger partial charge in [-0.1, -0.05) is 17.6 Å². The van der Waals surface area contributed by atoms with Crippen LogP contribution in [0.1, 0.15) is 55.7 Å². The summed E-state index contributed by atoms with van der Waals surface area (Å²) in [4.78, 5) is 5.01. The van der Waals surface area contributed by atoms with Crippen LogP contribution >= 0.6 is 0 Å². The van der Waals surface area contributed by atoms with E-state index in [4.69, 9.17) is 14.0 Å². The summed E-state index contributed by atoms with van der Waals surface area (Å²) in [6.07, 6.45) is 6.99. The van der Waals surface area contributed by atoms with E-state index in [9.17, 15) is 4.39 Å². The maximum atomic E-state index is 13.4. The second-order valence-corrected chi connectivity index (χ2v) is 9.85. The van der Waals surface area contributed by atoms with E-state index in [1.807, 2.05) is 0 Å². The largest absolute Gasteiger partial charge is 0.493 e. The average molecular weight is 482 g/mol. The summed E-state index contributed by atoms with van der Waals surface area (Å²) in [6, 6.07) is 11.0. The maximum absolute atomic E-state index is 13.4. The van der Waals surface area contributed by atoms with Gasteiger partial charge in [0.2, 0.25) is 0 Å². The van der Waals surface area contributed by atoms with E-state index in [2.05, 4.69) is 33.2 Å². The molecule has 0 amide bonds. The Morgan fingerprint density at radius 2 is 1.80 bits per heavy atom. The first-order valence-electron chi connectivity index (χ1n) is 13.0. The molecular weight excluding hydrogens is 445 g/mol. The van der Waals surface area contributed by atoms with Gasteiger partial charge in [-0.05, 0) is 88.1 Å². The molecule has 5 rings (SSSR count). The fraction of sp³-hybridized carbons (Fsp3) is 0.536. The van der Waals surface area contributed by atoms with Gasteiger partial charge in [0, 0.05) is 30.5 Å². The maximum Gasteiger partial charge on any atom is 0.170 e. The Morgan fingerprint density at radius 1 is 0.971 bits per heavy atom. The fourth-order valence-corrected chi connectivity index (χ4v) is 5.43. The van der Waals surface area contributed by atoms with Crippen LogP contribution < -0.4 is 9.47 Å². The molecule has 0 atom stereocenters. The van der Waals surface area contributed by atoms with Crippen LogP contribution in [0.5, 0.6) is 11.5 Å². The van der Waals surface area contributed by atoms with Gasteiger partial charge >= 0.3 is 0 Å². The van der Waals surface area contributed by atoms with E-state index in [1.54, 1.807) is 13.2 Å². The molecule has 188 valence electrons. The van der Waals surface area contributed by atoms with Crippen molar-refractivity contribution in [3.8, 4) is 11.5 Å². The standard InChI is InChI=1S/C28H36FN3O3/c1-33-27-18-21(20-32-12-3-2-4-13-32)6-9-25(27)34-17-5-14-31-15-10-22(11-16-31)28-24-8-7-23(29)19-26(24)35-30-28/h6-9,18-19,22H,2-5,10-17,20H2,1H3. The number of piperidine rings is 2. The summed E-state index contributed by atoms with van der Waals surface area (Å²) in [5.41, 5.74) is 2.79.